The fourth-order valence-corrected chi connectivity index (χ4v) is 3.03. The van der Waals surface area contributed by atoms with E-state index >= 15 is 0 Å². The van der Waals surface area contributed by atoms with Gasteiger partial charge in [-0.25, -0.2) is 0 Å². The van der Waals surface area contributed by atoms with Crippen LogP contribution in [0.1, 0.15) is 5.56 Å². The number of piperazine rings is 1. The third kappa shape index (κ3) is 4.43. The number of amides is 1. The van der Waals surface area contributed by atoms with Gasteiger partial charge in [-0.1, -0.05) is 42.5 Å². The fourth-order valence-electron chi connectivity index (χ4n) is 3.03. The maximum atomic E-state index is 12.0. The van der Waals surface area contributed by atoms with Gasteiger partial charge in [0.2, 0.25) is 5.91 Å². The van der Waals surface area contributed by atoms with Crippen LogP contribution in [0.15, 0.2) is 48.5 Å². The van der Waals surface area contributed by atoms with Gasteiger partial charge >= 0.3 is 0 Å². The summed E-state index contributed by atoms with van der Waals surface area (Å²) in [5, 5.41) is 5.34. The van der Waals surface area contributed by atoms with Gasteiger partial charge in [0.05, 0.1) is 0 Å². The molecule has 1 heterocycles. The molecule has 0 bridgehead atoms. The first kappa shape index (κ1) is 16.7. The van der Waals surface area contributed by atoms with Crippen molar-refractivity contribution in [2.45, 2.75) is 0 Å². The third-order valence-electron chi connectivity index (χ3n) is 4.56. The summed E-state index contributed by atoms with van der Waals surface area (Å²) < 4.78 is 0. The number of hydrogen-bond acceptors (Lipinski definition) is 3. The summed E-state index contributed by atoms with van der Waals surface area (Å²) in [6, 6.07) is 14.4. The molecule has 0 saturated carbocycles. The molecule has 0 spiro atoms. The Hall–Kier alpha value is -2.17. The molecule has 1 N–H and O–H groups in total. The molecule has 126 valence electrons. The molecule has 1 saturated heterocycles. The zero-order valence-corrected chi connectivity index (χ0v) is 14.2. The molecule has 0 aliphatic carbocycles. The van der Waals surface area contributed by atoms with Crippen molar-refractivity contribution in [3.8, 4) is 0 Å². The Morgan fingerprint density at radius 3 is 2.67 bits per heavy atom. The smallest absolute Gasteiger partial charge is 0.244 e. The first-order chi connectivity index (χ1) is 11.7. The zero-order valence-electron chi connectivity index (χ0n) is 14.2. The Morgan fingerprint density at radius 1 is 1.08 bits per heavy atom. The van der Waals surface area contributed by atoms with Crippen molar-refractivity contribution >= 4 is 22.8 Å². The molecule has 4 heteroatoms. The highest BCUT2D eigenvalue weighted by Crippen LogP contribution is 2.19. The van der Waals surface area contributed by atoms with E-state index in [1.807, 2.05) is 30.3 Å². The molecule has 2 aromatic rings. The summed E-state index contributed by atoms with van der Waals surface area (Å²) in [5.74, 6) is -0.0305. The number of nitrogens with one attached hydrogen (secondary N) is 1. The number of likely N-dealkylation sites (N-methyl/N-ethyl adjacent to an activating group) is 1. The highest BCUT2D eigenvalue weighted by atomic mass is 16.1. The van der Waals surface area contributed by atoms with Gasteiger partial charge in [0, 0.05) is 45.3 Å². The molecule has 4 nitrogen and oxygen atoms in total. The first-order valence-electron chi connectivity index (χ1n) is 8.57. The maximum Gasteiger partial charge on any atom is 0.244 e. The molecule has 24 heavy (non-hydrogen) atoms. The van der Waals surface area contributed by atoms with Crippen molar-refractivity contribution in [2.75, 3.05) is 46.3 Å². The average Bonchev–Trinajstić information content (AvgIpc) is 2.61. The molecule has 0 radical (unpaired) electrons. The van der Waals surface area contributed by atoms with Crippen LogP contribution < -0.4 is 5.32 Å². The Kier molecular flexibility index (Phi) is 5.62. The number of carbonyl (C=O) groups is 1. The fraction of sp³-hybridized carbons (Fsp3) is 0.350. The van der Waals surface area contributed by atoms with Crippen LogP contribution in [-0.4, -0.2) is 62.0 Å². The number of hydrogen-bond donors (Lipinski definition) is 1. The van der Waals surface area contributed by atoms with E-state index in [-0.39, 0.29) is 5.91 Å². The molecule has 0 unspecified atom stereocenters. The predicted octanol–water partition coefficient (Wildman–Crippen LogP) is 2.22. The normalized spacial score (nSPS) is 16.7. The number of nitrogens with zero attached hydrogens (tertiary/aromatic N) is 2. The van der Waals surface area contributed by atoms with Crippen LogP contribution in [-0.2, 0) is 4.79 Å². The van der Waals surface area contributed by atoms with Crippen molar-refractivity contribution in [2.24, 2.45) is 0 Å². The Morgan fingerprint density at radius 2 is 1.83 bits per heavy atom. The standard InChI is InChI=1S/C20H25N3O/c1-22-13-15-23(16-14-22)12-11-21-20(24)10-9-18-7-4-6-17-5-2-3-8-19(17)18/h2-10H,11-16H2,1H3,(H,21,24)/b10-9-. The van der Waals surface area contributed by atoms with E-state index in [0.717, 1.165) is 38.3 Å². The lowest BCUT2D eigenvalue weighted by Crippen LogP contribution is -2.46. The van der Waals surface area contributed by atoms with Gasteiger partial charge in [-0.2, -0.15) is 0 Å². The van der Waals surface area contributed by atoms with E-state index < -0.39 is 0 Å². The SMILES string of the molecule is CN1CCN(CCNC(=O)/C=C\c2cccc3ccccc23)CC1. The summed E-state index contributed by atoms with van der Waals surface area (Å²) in [6.45, 7) is 5.99. The number of fused-ring (bicyclic) bond motifs is 1. The van der Waals surface area contributed by atoms with Gasteiger partial charge < -0.3 is 10.2 Å². The van der Waals surface area contributed by atoms with Crippen LogP contribution in [0.5, 0.6) is 0 Å². The second kappa shape index (κ2) is 8.08. The highest BCUT2D eigenvalue weighted by Gasteiger charge is 2.12. The summed E-state index contributed by atoms with van der Waals surface area (Å²) in [5.41, 5.74) is 1.07. The Bertz CT molecular complexity index is 712. The molecular weight excluding hydrogens is 298 g/mol. The molecule has 0 atom stereocenters. The lowest BCUT2D eigenvalue weighted by molar-refractivity contribution is -0.116. The van der Waals surface area contributed by atoms with Crippen molar-refractivity contribution in [3.63, 3.8) is 0 Å². The Balaban J connectivity index is 1.50. The molecular formula is C20H25N3O. The molecule has 1 aliphatic rings. The van der Waals surface area contributed by atoms with Crippen molar-refractivity contribution in [3.05, 3.63) is 54.1 Å². The minimum atomic E-state index is -0.0305. The third-order valence-corrected chi connectivity index (χ3v) is 4.56. The molecule has 1 fully saturated rings. The summed E-state index contributed by atoms with van der Waals surface area (Å²) in [6.07, 6.45) is 3.53. The molecule has 0 aromatic heterocycles. The second-order valence-electron chi connectivity index (χ2n) is 6.34. The van der Waals surface area contributed by atoms with Gasteiger partial charge in [-0.05, 0) is 29.5 Å². The van der Waals surface area contributed by atoms with Crippen molar-refractivity contribution in [1.29, 1.82) is 0 Å². The quantitative estimate of drug-likeness (QED) is 0.857. The molecule has 1 amide bonds. The number of carbonyl (C=O) groups excluding carboxylic acids is 1. The van der Waals surface area contributed by atoms with E-state index in [1.165, 1.54) is 10.8 Å². The lowest BCUT2D eigenvalue weighted by atomic mass is 10.0. The van der Waals surface area contributed by atoms with E-state index in [9.17, 15) is 4.79 Å². The van der Waals surface area contributed by atoms with E-state index in [4.69, 9.17) is 0 Å². The van der Waals surface area contributed by atoms with Crippen LogP contribution in [0.3, 0.4) is 0 Å². The van der Waals surface area contributed by atoms with Crippen LogP contribution in [0.2, 0.25) is 0 Å². The number of rotatable bonds is 5. The summed E-state index contributed by atoms with van der Waals surface area (Å²) in [4.78, 5) is 16.8. The van der Waals surface area contributed by atoms with Gasteiger partial charge in [0.15, 0.2) is 0 Å². The lowest BCUT2D eigenvalue weighted by Gasteiger charge is -2.32. The Labute approximate surface area is 143 Å². The second-order valence-corrected chi connectivity index (χ2v) is 6.34. The minimum Gasteiger partial charge on any atom is -0.351 e. The molecule has 2 aromatic carbocycles. The average molecular weight is 323 g/mol. The minimum absolute atomic E-state index is 0.0305. The van der Waals surface area contributed by atoms with Gasteiger partial charge in [0.1, 0.15) is 0 Å². The van der Waals surface area contributed by atoms with Gasteiger partial charge in [-0.15, -0.1) is 0 Å². The maximum absolute atomic E-state index is 12.0. The first-order valence-corrected chi connectivity index (χ1v) is 8.57. The van der Waals surface area contributed by atoms with Crippen molar-refractivity contribution in [1.82, 2.24) is 15.1 Å². The van der Waals surface area contributed by atoms with E-state index in [0.29, 0.717) is 6.54 Å². The topological polar surface area (TPSA) is 35.6 Å². The largest absolute Gasteiger partial charge is 0.351 e. The number of benzene rings is 2. The van der Waals surface area contributed by atoms with Crippen molar-refractivity contribution < 1.29 is 4.79 Å². The monoisotopic (exact) mass is 323 g/mol. The van der Waals surface area contributed by atoms with Crippen LogP contribution in [0.4, 0.5) is 0 Å². The zero-order chi connectivity index (χ0) is 16.8. The van der Waals surface area contributed by atoms with Crippen LogP contribution in [0, 0.1) is 0 Å². The highest BCUT2D eigenvalue weighted by molar-refractivity contribution is 5.96. The molecule has 3 rings (SSSR count). The summed E-state index contributed by atoms with van der Waals surface area (Å²) in [7, 11) is 2.15. The van der Waals surface area contributed by atoms with E-state index in [1.54, 1.807) is 6.08 Å². The molecule has 1 aliphatic heterocycles. The predicted molar refractivity (Wildman–Crippen MR) is 99.9 cm³/mol. The van der Waals surface area contributed by atoms with Crippen LogP contribution >= 0.6 is 0 Å². The van der Waals surface area contributed by atoms with E-state index in [2.05, 4.69) is 40.4 Å². The summed E-state index contributed by atoms with van der Waals surface area (Å²) >= 11 is 0. The van der Waals surface area contributed by atoms with Crippen LogP contribution in [0.25, 0.3) is 16.8 Å². The van der Waals surface area contributed by atoms with Gasteiger partial charge in [-0.3, -0.25) is 9.69 Å². The van der Waals surface area contributed by atoms with Gasteiger partial charge in [0.25, 0.3) is 0 Å².